The summed E-state index contributed by atoms with van der Waals surface area (Å²) < 4.78 is 0. The Morgan fingerprint density at radius 2 is 2.31 bits per heavy atom. The van der Waals surface area contributed by atoms with Crippen molar-refractivity contribution in [3.63, 3.8) is 0 Å². The summed E-state index contributed by atoms with van der Waals surface area (Å²) in [6, 6.07) is 0. The number of nitrogens with two attached hydrogens (primary N) is 1. The molecule has 1 rings (SSSR count). The van der Waals surface area contributed by atoms with E-state index in [0.29, 0.717) is 5.82 Å². The molecule has 1 heterocycles. The van der Waals surface area contributed by atoms with Crippen LogP contribution in [0.3, 0.4) is 0 Å². The van der Waals surface area contributed by atoms with Crippen LogP contribution in [0.4, 0.5) is 5.82 Å². The van der Waals surface area contributed by atoms with E-state index in [1.54, 1.807) is 11.8 Å². The van der Waals surface area contributed by atoms with E-state index in [1.807, 2.05) is 0 Å². The molecule has 0 unspecified atom stereocenters. The normalized spacial score (nSPS) is 10.4. The third-order valence-electron chi connectivity index (χ3n) is 2.08. The first-order chi connectivity index (χ1) is 7.83. The Kier molecular flexibility index (Phi) is 6.14. The summed E-state index contributed by atoms with van der Waals surface area (Å²) in [6.45, 7) is 2.32. The highest BCUT2D eigenvalue weighted by Gasteiger charge is 2.09. The number of hydrogen-bond donors (Lipinski definition) is 3. The average Bonchev–Trinajstić information content (AvgIpc) is 2.31. The van der Waals surface area contributed by atoms with Crippen LogP contribution in [-0.4, -0.2) is 27.4 Å². The van der Waals surface area contributed by atoms with E-state index in [0.717, 1.165) is 35.6 Å². The van der Waals surface area contributed by atoms with E-state index in [1.165, 1.54) is 6.33 Å². The number of aromatic nitrogens is 2. The number of hydrazine groups is 1. The van der Waals surface area contributed by atoms with Gasteiger partial charge in [0.15, 0.2) is 0 Å². The lowest BCUT2D eigenvalue weighted by atomic mass is 10.2. The zero-order chi connectivity index (χ0) is 11.8. The molecule has 1 aromatic rings. The quantitative estimate of drug-likeness (QED) is 0.219. The van der Waals surface area contributed by atoms with Crippen molar-refractivity contribution in [2.24, 2.45) is 5.84 Å². The summed E-state index contributed by atoms with van der Waals surface area (Å²) in [6.07, 6.45) is 4.21. The zero-order valence-corrected chi connectivity index (χ0v) is 10.3. The minimum absolute atomic E-state index is 0.211. The maximum absolute atomic E-state index is 8.74. The Balaban J connectivity index is 2.79. The van der Waals surface area contributed by atoms with Crippen LogP contribution in [0, 0.1) is 0 Å². The summed E-state index contributed by atoms with van der Waals surface area (Å²) >= 11 is 1.63. The van der Waals surface area contributed by atoms with Gasteiger partial charge in [0, 0.05) is 17.9 Å². The van der Waals surface area contributed by atoms with Gasteiger partial charge in [-0.1, -0.05) is 13.3 Å². The molecule has 6 heteroatoms. The molecule has 4 N–H and O–H groups in total. The summed E-state index contributed by atoms with van der Waals surface area (Å²) in [5.41, 5.74) is 3.66. The number of nitrogens with one attached hydrogen (secondary N) is 1. The van der Waals surface area contributed by atoms with E-state index >= 15 is 0 Å². The van der Waals surface area contributed by atoms with Crippen molar-refractivity contribution in [2.75, 3.05) is 17.8 Å². The highest BCUT2D eigenvalue weighted by molar-refractivity contribution is 7.99. The van der Waals surface area contributed by atoms with Crippen molar-refractivity contribution < 1.29 is 5.11 Å². The van der Waals surface area contributed by atoms with Crippen LogP contribution in [-0.2, 0) is 6.42 Å². The number of nitrogen functional groups attached to an aromatic ring is 1. The molecule has 0 fully saturated rings. The second-order valence-electron chi connectivity index (χ2n) is 3.33. The van der Waals surface area contributed by atoms with E-state index in [2.05, 4.69) is 22.3 Å². The summed E-state index contributed by atoms with van der Waals surface area (Å²) in [4.78, 5) is 8.35. The van der Waals surface area contributed by atoms with Crippen molar-refractivity contribution in [3.8, 4) is 0 Å². The lowest BCUT2D eigenvalue weighted by Crippen LogP contribution is -2.12. The fourth-order valence-corrected chi connectivity index (χ4v) is 2.32. The standard InChI is InChI=1S/C10H18N4OS/c1-2-4-8-9(14-11)12-7-13-10(8)16-6-3-5-15/h7,15H,2-6,11H2,1H3,(H,12,13,14). The maximum Gasteiger partial charge on any atom is 0.147 e. The minimum Gasteiger partial charge on any atom is -0.396 e. The average molecular weight is 242 g/mol. The van der Waals surface area contributed by atoms with Gasteiger partial charge in [-0.2, -0.15) is 0 Å². The van der Waals surface area contributed by atoms with Crippen LogP contribution in [0.5, 0.6) is 0 Å². The van der Waals surface area contributed by atoms with Gasteiger partial charge in [0.05, 0.1) is 0 Å². The van der Waals surface area contributed by atoms with Gasteiger partial charge < -0.3 is 10.5 Å². The molecule has 0 atom stereocenters. The molecular formula is C10H18N4OS. The third kappa shape index (κ3) is 3.62. The number of hydrogen-bond acceptors (Lipinski definition) is 6. The van der Waals surface area contributed by atoms with Crippen molar-refractivity contribution in [1.82, 2.24) is 9.97 Å². The van der Waals surface area contributed by atoms with Crippen LogP contribution >= 0.6 is 11.8 Å². The molecule has 0 bridgehead atoms. The molecule has 0 aliphatic carbocycles. The van der Waals surface area contributed by atoms with Gasteiger partial charge in [0.2, 0.25) is 0 Å². The highest BCUT2D eigenvalue weighted by Crippen LogP contribution is 2.25. The summed E-state index contributed by atoms with van der Waals surface area (Å²) in [5.74, 6) is 6.97. The van der Waals surface area contributed by atoms with Crippen molar-refractivity contribution >= 4 is 17.6 Å². The first kappa shape index (κ1) is 13.2. The fraction of sp³-hybridized carbons (Fsp3) is 0.600. The molecule has 0 saturated heterocycles. The van der Waals surface area contributed by atoms with E-state index in [9.17, 15) is 0 Å². The van der Waals surface area contributed by atoms with Gasteiger partial charge in [-0.15, -0.1) is 11.8 Å². The van der Waals surface area contributed by atoms with Crippen LogP contribution in [0.15, 0.2) is 11.4 Å². The molecule has 0 saturated carbocycles. The maximum atomic E-state index is 8.74. The molecule has 16 heavy (non-hydrogen) atoms. The lowest BCUT2D eigenvalue weighted by molar-refractivity contribution is 0.296. The third-order valence-corrected chi connectivity index (χ3v) is 3.20. The largest absolute Gasteiger partial charge is 0.396 e. The van der Waals surface area contributed by atoms with Gasteiger partial charge in [0.1, 0.15) is 17.2 Å². The number of nitrogens with zero attached hydrogens (tertiary/aromatic N) is 2. The summed E-state index contributed by atoms with van der Waals surface area (Å²) in [7, 11) is 0. The Morgan fingerprint density at radius 1 is 1.50 bits per heavy atom. The van der Waals surface area contributed by atoms with E-state index in [4.69, 9.17) is 10.9 Å². The van der Waals surface area contributed by atoms with E-state index in [-0.39, 0.29) is 6.61 Å². The molecule has 5 nitrogen and oxygen atoms in total. The van der Waals surface area contributed by atoms with Gasteiger partial charge >= 0.3 is 0 Å². The van der Waals surface area contributed by atoms with Crippen molar-refractivity contribution in [1.29, 1.82) is 0 Å². The number of aliphatic hydroxyl groups is 1. The van der Waals surface area contributed by atoms with Crippen LogP contribution < -0.4 is 11.3 Å². The Hall–Kier alpha value is -0.850. The molecule has 0 aromatic carbocycles. The predicted molar refractivity (Wildman–Crippen MR) is 66.3 cm³/mol. The molecule has 1 aromatic heterocycles. The first-order valence-electron chi connectivity index (χ1n) is 5.37. The SMILES string of the molecule is CCCc1c(NN)ncnc1SCCCO. The topological polar surface area (TPSA) is 84.1 Å². The fourth-order valence-electron chi connectivity index (χ4n) is 1.35. The molecule has 0 aliphatic rings. The smallest absolute Gasteiger partial charge is 0.147 e. The molecule has 0 spiro atoms. The molecule has 90 valence electrons. The number of thioether (sulfide) groups is 1. The molecule has 0 radical (unpaired) electrons. The highest BCUT2D eigenvalue weighted by atomic mass is 32.2. The van der Waals surface area contributed by atoms with Gasteiger partial charge in [-0.3, -0.25) is 0 Å². The molecule has 0 amide bonds. The van der Waals surface area contributed by atoms with Crippen molar-refractivity contribution in [2.45, 2.75) is 31.2 Å². The Bertz CT molecular complexity index is 322. The summed E-state index contributed by atoms with van der Waals surface area (Å²) in [5, 5.41) is 9.70. The van der Waals surface area contributed by atoms with Crippen LogP contribution in [0.25, 0.3) is 0 Å². The monoisotopic (exact) mass is 242 g/mol. The zero-order valence-electron chi connectivity index (χ0n) is 9.44. The Labute approximate surface area is 99.8 Å². The van der Waals surface area contributed by atoms with Crippen LogP contribution in [0.2, 0.25) is 0 Å². The first-order valence-corrected chi connectivity index (χ1v) is 6.36. The number of rotatable bonds is 7. The van der Waals surface area contributed by atoms with Gasteiger partial charge in [-0.25, -0.2) is 15.8 Å². The minimum atomic E-state index is 0.211. The predicted octanol–water partition coefficient (Wildman–Crippen LogP) is 1.19. The molecule has 0 aliphatic heterocycles. The van der Waals surface area contributed by atoms with Gasteiger partial charge in [0.25, 0.3) is 0 Å². The molecular weight excluding hydrogens is 224 g/mol. The second-order valence-corrected chi connectivity index (χ2v) is 4.41. The van der Waals surface area contributed by atoms with Crippen molar-refractivity contribution in [3.05, 3.63) is 11.9 Å². The number of anilines is 1. The number of aliphatic hydroxyl groups excluding tert-OH is 1. The van der Waals surface area contributed by atoms with Gasteiger partial charge in [-0.05, 0) is 12.8 Å². The van der Waals surface area contributed by atoms with Crippen LogP contribution in [0.1, 0.15) is 25.3 Å². The lowest BCUT2D eigenvalue weighted by Gasteiger charge is -2.10. The Morgan fingerprint density at radius 3 is 2.94 bits per heavy atom. The second kappa shape index (κ2) is 7.43. The van der Waals surface area contributed by atoms with E-state index < -0.39 is 0 Å².